The average Bonchev–Trinajstić information content (AvgIpc) is 2.35. The van der Waals surface area contributed by atoms with Gasteiger partial charge in [0.1, 0.15) is 11.5 Å². The summed E-state index contributed by atoms with van der Waals surface area (Å²) in [5.74, 6) is 1.51. The van der Waals surface area contributed by atoms with Crippen molar-refractivity contribution < 1.29 is 17.9 Å². The molecule has 0 aliphatic carbocycles. The average molecular weight is 316 g/mol. The molecule has 0 aliphatic heterocycles. The maximum Gasteiger partial charge on any atom is 0.209 e. The van der Waals surface area contributed by atoms with Crippen LogP contribution in [0.2, 0.25) is 0 Å². The summed E-state index contributed by atoms with van der Waals surface area (Å²) >= 11 is 0. The first kappa shape index (κ1) is 17.7. The first-order chi connectivity index (χ1) is 9.67. The van der Waals surface area contributed by atoms with E-state index in [-0.39, 0.29) is 0 Å². The molecule has 2 N–H and O–H groups in total. The fraction of sp³-hybridized carbons (Fsp3) is 0.571. The number of ether oxygens (including phenoxy) is 2. The Morgan fingerprint density at radius 2 is 1.86 bits per heavy atom. The van der Waals surface area contributed by atoms with Gasteiger partial charge in [0.15, 0.2) is 0 Å². The topological polar surface area (TPSA) is 76.7 Å². The van der Waals surface area contributed by atoms with Gasteiger partial charge in [0.2, 0.25) is 10.0 Å². The maximum absolute atomic E-state index is 11.3. The summed E-state index contributed by atoms with van der Waals surface area (Å²) < 4.78 is 35.7. The van der Waals surface area contributed by atoms with Crippen LogP contribution in [0, 0.1) is 0 Å². The molecule has 21 heavy (non-hydrogen) atoms. The Kier molecular flexibility index (Phi) is 6.00. The lowest BCUT2D eigenvalue weighted by molar-refractivity contribution is 0.390. The molecule has 1 aromatic rings. The Hall–Kier alpha value is -1.31. The fourth-order valence-electron chi connectivity index (χ4n) is 2.07. The quantitative estimate of drug-likeness (QED) is 0.751. The molecule has 0 radical (unpaired) electrons. The van der Waals surface area contributed by atoms with E-state index in [4.69, 9.17) is 9.47 Å². The van der Waals surface area contributed by atoms with Crippen molar-refractivity contribution in [3.8, 4) is 11.5 Å². The monoisotopic (exact) mass is 316 g/mol. The van der Waals surface area contributed by atoms with E-state index < -0.39 is 15.6 Å². The van der Waals surface area contributed by atoms with Gasteiger partial charge in [0.05, 0.1) is 20.5 Å². The van der Waals surface area contributed by atoms with Gasteiger partial charge in [0, 0.05) is 24.2 Å². The predicted molar refractivity (Wildman–Crippen MR) is 83.3 cm³/mol. The SMILES string of the molecule is COc1ccc(OC)c(CNCC(C)(C)NS(C)(=O)=O)c1. The first-order valence-corrected chi connectivity index (χ1v) is 8.46. The molecule has 6 nitrogen and oxygen atoms in total. The summed E-state index contributed by atoms with van der Waals surface area (Å²) in [6.45, 7) is 4.68. The molecule has 0 amide bonds. The summed E-state index contributed by atoms with van der Waals surface area (Å²) in [5, 5.41) is 3.23. The Bertz CT molecular complexity index is 570. The zero-order valence-electron chi connectivity index (χ0n) is 13.2. The maximum atomic E-state index is 11.3. The van der Waals surface area contributed by atoms with E-state index in [1.807, 2.05) is 32.0 Å². The number of hydrogen-bond acceptors (Lipinski definition) is 5. The predicted octanol–water partition coefficient (Wildman–Crippen LogP) is 1.12. The minimum Gasteiger partial charge on any atom is -0.497 e. The van der Waals surface area contributed by atoms with Crippen LogP contribution in [0.4, 0.5) is 0 Å². The normalized spacial score (nSPS) is 12.2. The summed E-state index contributed by atoms with van der Waals surface area (Å²) in [6.07, 6.45) is 1.15. The number of nitrogens with one attached hydrogen (secondary N) is 2. The molecule has 0 unspecified atom stereocenters. The van der Waals surface area contributed by atoms with Crippen molar-refractivity contribution in [3.63, 3.8) is 0 Å². The van der Waals surface area contributed by atoms with E-state index in [2.05, 4.69) is 10.0 Å². The van der Waals surface area contributed by atoms with Gasteiger partial charge in [0.25, 0.3) is 0 Å². The third kappa shape index (κ3) is 6.33. The number of benzene rings is 1. The molecular formula is C14H24N2O4S. The number of hydrogen-bond donors (Lipinski definition) is 2. The lowest BCUT2D eigenvalue weighted by Crippen LogP contribution is -2.49. The first-order valence-electron chi connectivity index (χ1n) is 6.57. The molecule has 0 saturated heterocycles. The van der Waals surface area contributed by atoms with Crippen LogP contribution in [0.1, 0.15) is 19.4 Å². The Balaban J connectivity index is 2.67. The zero-order chi connectivity index (χ0) is 16.1. The highest BCUT2D eigenvalue weighted by atomic mass is 32.2. The van der Waals surface area contributed by atoms with E-state index in [0.717, 1.165) is 23.3 Å². The molecule has 0 spiro atoms. The third-order valence-corrected chi connectivity index (χ3v) is 3.76. The van der Waals surface area contributed by atoms with Crippen LogP contribution in [0.15, 0.2) is 18.2 Å². The molecular weight excluding hydrogens is 292 g/mol. The lowest BCUT2D eigenvalue weighted by Gasteiger charge is -2.25. The van der Waals surface area contributed by atoms with Crippen LogP contribution in [0.5, 0.6) is 11.5 Å². The van der Waals surface area contributed by atoms with Gasteiger partial charge in [-0.1, -0.05) is 0 Å². The van der Waals surface area contributed by atoms with Crippen molar-refractivity contribution in [2.75, 3.05) is 27.0 Å². The van der Waals surface area contributed by atoms with E-state index >= 15 is 0 Å². The summed E-state index contributed by atoms with van der Waals surface area (Å²) in [4.78, 5) is 0. The number of sulfonamides is 1. The van der Waals surface area contributed by atoms with Crippen LogP contribution >= 0.6 is 0 Å². The van der Waals surface area contributed by atoms with E-state index in [1.165, 1.54) is 0 Å². The van der Waals surface area contributed by atoms with Gasteiger partial charge in [-0.05, 0) is 32.0 Å². The molecule has 0 atom stereocenters. The van der Waals surface area contributed by atoms with Crippen LogP contribution < -0.4 is 19.5 Å². The summed E-state index contributed by atoms with van der Waals surface area (Å²) in [5.41, 5.74) is 0.381. The highest BCUT2D eigenvalue weighted by molar-refractivity contribution is 7.88. The molecule has 7 heteroatoms. The van der Waals surface area contributed by atoms with E-state index in [1.54, 1.807) is 14.2 Å². The summed E-state index contributed by atoms with van der Waals surface area (Å²) in [6, 6.07) is 5.57. The smallest absolute Gasteiger partial charge is 0.209 e. The van der Waals surface area contributed by atoms with E-state index in [9.17, 15) is 8.42 Å². The third-order valence-electron chi connectivity index (χ3n) is 2.83. The Morgan fingerprint density at radius 3 is 2.38 bits per heavy atom. The van der Waals surface area contributed by atoms with Crippen LogP contribution in [-0.2, 0) is 16.6 Å². The van der Waals surface area contributed by atoms with Gasteiger partial charge >= 0.3 is 0 Å². The molecule has 0 heterocycles. The molecule has 0 saturated carbocycles. The Labute approximate surface area is 126 Å². The number of methoxy groups -OCH3 is 2. The minimum atomic E-state index is -3.24. The van der Waals surface area contributed by atoms with Gasteiger partial charge in [-0.15, -0.1) is 0 Å². The second-order valence-electron chi connectivity index (χ2n) is 5.54. The molecule has 120 valence electrons. The fourth-order valence-corrected chi connectivity index (χ4v) is 3.14. The van der Waals surface area contributed by atoms with Gasteiger partial charge in [-0.2, -0.15) is 0 Å². The van der Waals surface area contributed by atoms with Crippen LogP contribution in [-0.4, -0.2) is 41.0 Å². The van der Waals surface area contributed by atoms with Crippen molar-refractivity contribution in [2.45, 2.75) is 25.9 Å². The minimum absolute atomic E-state index is 0.487. The molecule has 0 bridgehead atoms. The van der Waals surface area contributed by atoms with E-state index in [0.29, 0.717) is 13.1 Å². The zero-order valence-corrected chi connectivity index (χ0v) is 14.0. The van der Waals surface area contributed by atoms with Crippen molar-refractivity contribution in [1.29, 1.82) is 0 Å². The lowest BCUT2D eigenvalue weighted by atomic mass is 10.1. The van der Waals surface area contributed by atoms with Crippen LogP contribution in [0.3, 0.4) is 0 Å². The second kappa shape index (κ2) is 7.11. The van der Waals surface area contributed by atoms with Gasteiger partial charge in [-0.25, -0.2) is 13.1 Å². The van der Waals surface area contributed by atoms with Crippen molar-refractivity contribution in [2.24, 2.45) is 0 Å². The molecule has 0 fully saturated rings. The Morgan fingerprint density at radius 1 is 1.19 bits per heavy atom. The van der Waals surface area contributed by atoms with Crippen LogP contribution in [0.25, 0.3) is 0 Å². The largest absolute Gasteiger partial charge is 0.497 e. The highest BCUT2D eigenvalue weighted by Gasteiger charge is 2.21. The van der Waals surface area contributed by atoms with Gasteiger partial charge < -0.3 is 14.8 Å². The van der Waals surface area contributed by atoms with Crippen molar-refractivity contribution in [3.05, 3.63) is 23.8 Å². The molecule has 0 aliphatic rings. The summed E-state index contributed by atoms with van der Waals surface area (Å²) in [7, 11) is -0.0142. The van der Waals surface area contributed by atoms with Crippen molar-refractivity contribution >= 4 is 10.0 Å². The molecule has 1 aromatic carbocycles. The number of rotatable bonds is 8. The standard InChI is InChI=1S/C14H24N2O4S/c1-14(2,16-21(5,17)18)10-15-9-11-8-12(19-3)6-7-13(11)20-4/h6-8,15-16H,9-10H2,1-5H3. The second-order valence-corrected chi connectivity index (χ2v) is 7.29. The molecule has 0 aromatic heterocycles. The highest BCUT2D eigenvalue weighted by Crippen LogP contribution is 2.23. The van der Waals surface area contributed by atoms with Crippen molar-refractivity contribution in [1.82, 2.24) is 10.0 Å². The van der Waals surface area contributed by atoms with Gasteiger partial charge in [-0.3, -0.25) is 0 Å². The molecule has 1 rings (SSSR count).